The maximum atomic E-state index is 4.42. The van der Waals surface area contributed by atoms with Crippen LogP contribution in [0.15, 0.2) is 29.1 Å². The second-order valence-corrected chi connectivity index (χ2v) is 3.99. The summed E-state index contributed by atoms with van der Waals surface area (Å²) in [5.41, 5.74) is 2.88. The number of hydrogen-bond acceptors (Lipinski definition) is 5. The molecule has 0 bridgehead atoms. The van der Waals surface area contributed by atoms with Crippen LogP contribution >= 0.6 is 11.3 Å². The van der Waals surface area contributed by atoms with Gasteiger partial charge in [-0.15, -0.1) is 11.3 Å². The van der Waals surface area contributed by atoms with Gasteiger partial charge in [0.1, 0.15) is 11.6 Å². The lowest BCUT2D eigenvalue weighted by Crippen LogP contribution is -2.04. The summed E-state index contributed by atoms with van der Waals surface area (Å²) in [5.74, 6) is 1.76. The van der Waals surface area contributed by atoms with Crippen LogP contribution in [0.5, 0.6) is 0 Å². The van der Waals surface area contributed by atoms with Crippen LogP contribution in [0.3, 0.4) is 0 Å². The van der Waals surface area contributed by atoms with E-state index in [-0.39, 0.29) is 0 Å². The SMILES string of the molecule is CCNc1cccc(NCc2cscn2)n1. The van der Waals surface area contributed by atoms with Gasteiger partial charge in [-0.25, -0.2) is 9.97 Å². The molecule has 2 heterocycles. The normalized spacial score (nSPS) is 10.1. The lowest BCUT2D eigenvalue weighted by atomic mass is 10.4. The zero-order valence-corrected chi connectivity index (χ0v) is 9.92. The number of nitrogens with one attached hydrogen (secondary N) is 2. The van der Waals surface area contributed by atoms with E-state index in [2.05, 4.69) is 27.5 Å². The Morgan fingerprint density at radius 2 is 2.06 bits per heavy atom. The third-order valence-corrected chi connectivity index (χ3v) is 2.68. The predicted molar refractivity (Wildman–Crippen MR) is 67.8 cm³/mol. The van der Waals surface area contributed by atoms with Crippen LogP contribution in [0.2, 0.25) is 0 Å². The molecule has 0 saturated carbocycles. The van der Waals surface area contributed by atoms with E-state index in [1.165, 1.54) is 0 Å². The molecule has 0 aromatic carbocycles. The number of thiazole rings is 1. The van der Waals surface area contributed by atoms with E-state index >= 15 is 0 Å². The molecular formula is C11H14N4S. The Hall–Kier alpha value is -1.62. The van der Waals surface area contributed by atoms with Crippen LogP contribution < -0.4 is 10.6 Å². The molecule has 0 aliphatic heterocycles. The molecule has 0 aliphatic carbocycles. The molecule has 0 atom stereocenters. The Bertz CT molecular complexity index is 427. The molecule has 2 aromatic heterocycles. The highest BCUT2D eigenvalue weighted by Crippen LogP contribution is 2.10. The standard InChI is InChI=1S/C11H14N4S/c1-2-12-10-4-3-5-11(15-10)13-6-9-7-16-8-14-9/h3-5,7-8H,2,6H2,1H3,(H2,12,13,15). The minimum atomic E-state index is 0.714. The van der Waals surface area contributed by atoms with Gasteiger partial charge in [-0.05, 0) is 19.1 Å². The Labute approximate surface area is 98.8 Å². The average molecular weight is 234 g/mol. The van der Waals surface area contributed by atoms with E-state index in [4.69, 9.17) is 0 Å². The first-order valence-electron chi connectivity index (χ1n) is 5.20. The van der Waals surface area contributed by atoms with Gasteiger partial charge in [-0.2, -0.15) is 0 Å². The molecule has 0 spiro atoms. The van der Waals surface area contributed by atoms with Crippen LogP contribution in [0.1, 0.15) is 12.6 Å². The molecule has 0 fully saturated rings. The maximum absolute atomic E-state index is 4.42. The Balaban J connectivity index is 1.96. The quantitative estimate of drug-likeness (QED) is 0.835. The van der Waals surface area contributed by atoms with Gasteiger partial charge < -0.3 is 10.6 Å². The van der Waals surface area contributed by atoms with Crippen molar-refractivity contribution < 1.29 is 0 Å². The van der Waals surface area contributed by atoms with Crippen LogP contribution in [-0.2, 0) is 6.54 Å². The molecule has 0 saturated heterocycles. The van der Waals surface area contributed by atoms with Crippen molar-refractivity contribution in [3.05, 3.63) is 34.8 Å². The number of hydrogen-bond donors (Lipinski definition) is 2. The van der Waals surface area contributed by atoms with Gasteiger partial charge in [0.05, 0.1) is 17.7 Å². The molecule has 0 amide bonds. The summed E-state index contributed by atoms with van der Waals surface area (Å²) in [6.07, 6.45) is 0. The molecule has 0 radical (unpaired) electrons. The first kappa shape index (κ1) is 10.9. The Morgan fingerprint density at radius 1 is 1.25 bits per heavy atom. The highest BCUT2D eigenvalue weighted by atomic mass is 32.1. The number of aromatic nitrogens is 2. The average Bonchev–Trinajstić information content (AvgIpc) is 2.80. The van der Waals surface area contributed by atoms with E-state index in [1.807, 2.05) is 29.1 Å². The molecule has 84 valence electrons. The van der Waals surface area contributed by atoms with Crippen LogP contribution in [0, 0.1) is 0 Å². The van der Waals surface area contributed by atoms with Crippen molar-refractivity contribution in [2.24, 2.45) is 0 Å². The Kier molecular flexibility index (Phi) is 3.71. The largest absolute Gasteiger partial charge is 0.370 e. The molecule has 4 nitrogen and oxygen atoms in total. The number of rotatable bonds is 5. The highest BCUT2D eigenvalue weighted by molar-refractivity contribution is 7.07. The minimum absolute atomic E-state index is 0.714. The fourth-order valence-corrected chi connectivity index (χ4v) is 1.88. The van der Waals surface area contributed by atoms with Crippen molar-refractivity contribution >= 4 is 23.0 Å². The van der Waals surface area contributed by atoms with Gasteiger partial charge in [0.25, 0.3) is 0 Å². The molecule has 0 unspecified atom stereocenters. The van der Waals surface area contributed by atoms with Crippen molar-refractivity contribution in [2.75, 3.05) is 17.2 Å². The number of anilines is 2. The highest BCUT2D eigenvalue weighted by Gasteiger charge is 1.98. The summed E-state index contributed by atoms with van der Waals surface area (Å²) in [4.78, 5) is 8.62. The van der Waals surface area contributed by atoms with Gasteiger partial charge in [0, 0.05) is 11.9 Å². The van der Waals surface area contributed by atoms with E-state index < -0.39 is 0 Å². The summed E-state index contributed by atoms with van der Waals surface area (Å²) in [5, 5.41) is 8.44. The lowest BCUT2D eigenvalue weighted by molar-refractivity contribution is 1.05. The number of nitrogens with zero attached hydrogens (tertiary/aromatic N) is 2. The van der Waals surface area contributed by atoms with Crippen molar-refractivity contribution in [3.63, 3.8) is 0 Å². The second-order valence-electron chi connectivity index (χ2n) is 3.27. The summed E-state index contributed by atoms with van der Waals surface area (Å²) in [6, 6.07) is 5.89. The molecule has 0 aliphatic rings. The third kappa shape index (κ3) is 2.93. The molecule has 2 N–H and O–H groups in total. The van der Waals surface area contributed by atoms with E-state index in [0.29, 0.717) is 6.54 Å². The fourth-order valence-electron chi connectivity index (χ4n) is 1.32. The Morgan fingerprint density at radius 3 is 2.75 bits per heavy atom. The minimum Gasteiger partial charge on any atom is -0.370 e. The van der Waals surface area contributed by atoms with Crippen molar-refractivity contribution in [1.29, 1.82) is 0 Å². The predicted octanol–water partition coefficient (Wildman–Crippen LogP) is 2.58. The van der Waals surface area contributed by atoms with Crippen molar-refractivity contribution in [3.8, 4) is 0 Å². The van der Waals surface area contributed by atoms with Gasteiger partial charge in [-0.3, -0.25) is 0 Å². The summed E-state index contributed by atoms with van der Waals surface area (Å²) in [6.45, 7) is 3.64. The van der Waals surface area contributed by atoms with Crippen LogP contribution in [0.4, 0.5) is 11.6 Å². The molecule has 2 aromatic rings. The first-order valence-corrected chi connectivity index (χ1v) is 6.14. The zero-order valence-electron chi connectivity index (χ0n) is 9.10. The fraction of sp³-hybridized carbons (Fsp3) is 0.273. The zero-order chi connectivity index (χ0) is 11.2. The first-order chi connectivity index (χ1) is 7.88. The van der Waals surface area contributed by atoms with Crippen molar-refractivity contribution in [2.45, 2.75) is 13.5 Å². The maximum Gasteiger partial charge on any atom is 0.128 e. The van der Waals surface area contributed by atoms with Gasteiger partial charge in [0.15, 0.2) is 0 Å². The van der Waals surface area contributed by atoms with Crippen LogP contribution in [0.25, 0.3) is 0 Å². The summed E-state index contributed by atoms with van der Waals surface area (Å²) in [7, 11) is 0. The topological polar surface area (TPSA) is 49.8 Å². The smallest absolute Gasteiger partial charge is 0.128 e. The van der Waals surface area contributed by atoms with Gasteiger partial charge >= 0.3 is 0 Å². The molecular weight excluding hydrogens is 220 g/mol. The number of pyridine rings is 1. The van der Waals surface area contributed by atoms with E-state index in [1.54, 1.807) is 11.3 Å². The molecule has 16 heavy (non-hydrogen) atoms. The van der Waals surface area contributed by atoms with E-state index in [0.717, 1.165) is 23.9 Å². The van der Waals surface area contributed by atoms with Gasteiger partial charge in [0.2, 0.25) is 0 Å². The lowest BCUT2D eigenvalue weighted by Gasteiger charge is -2.06. The van der Waals surface area contributed by atoms with Crippen molar-refractivity contribution in [1.82, 2.24) is 9.97 Å². The van der Waals surface area contributed by atoms with E-state index in [9.17, 15) is 0 Å². The third-order valence-electron chi connectivity index (χ3n) is 2.04. The molecule has 2 rings (SSSR count). The van der Waals surface area contributed by atoms with Gasteiger partial charge in [-0.1, -0.05) is 6.07 Å². The summed E-state index contributed by atoms with van der Waals surface area (Å²) < 4.78 is 0. The monoisotopic (exact) mass is 234 g/mol. The van der Waals surface area contributed by atoms with Crippen LogP contribution in [-0.4, -0.2) is 16.5 Å². The second kappa shape index (κ2) is 5.46. The molecule has 5 heteroatoms. The summed E-state index contributed by atoms with van der Waals surface area (Å²) >= 11 is 1.60.